The van der Waals surface area contributed by atoms with Crippen LogP contribution in [0.3, 0.4) is 0 Å². The average Bonchev–Trinajstić information content (AvgIpc) is 2.31. The lowest BCUT2D eigenvalue weighted by atomic mass is 9.73. The van der Waals surface area contributed by atoms with Gasteiger partial charge in [0.05, 0.1) is 5.54 Å². The lowest BCUT2D eigenvalue weighted by Gasteiger charge is -2.43. The lowest BCUT2D eigenvalue weighted by Crippen LogP contribution is -2.54. The van der Waals surface area contributed by atoms with Gasteiger partial charge in [0, 0.05) is 5.92 Å². The van der Waals surface area contributed by atoms with Crippen molar-refractivity contribution in [2.75, 3.05) is 14.1 Å². The minimum Gasteiger partial charge on any atom is -0.297 e. The van der Waals surface area contributed by atoms with Crippen molar-refractivity contribution in [2.24, 2.45) is 5.92 Å². The third-order valence-electron chi connectivity index (χ3n) is 4.35. The van der Waals surface area contributed by atoms with Crippen molar-refractivity contribution in [1.82, 2.24) is 4.90 Å². The van der Waals surface area contributed by atoms with Crippen LogP contribution in [0.4, 0.5) is 0 Å². The van der Waals surface area contributed by atoms with Gasteiger partial charge in [0.25, 0.3) is 0 Å². The fourth-order valence-corrected chi connectivity index (χ4v) is 3.09. The number of carbonyl (C=O) groups excluding carboxylic acids is 1. The Kier molecular flexibility index (Phi) is 4.97. The van der Waals surface area contributed by atoms with Crippen molar-refractivity contribution in [3.63, 3.8) is 0 Å². The molecule has 94 valence electrons. The fourth-order valence-electron chi connectivity index (χ4n) is 3.09. The van der Waals surface area contributed by atoms with Gasteiger partial charge in [0.1, 0.15) is 0 Å². The molecule has 1 aliphatic rings. The van der Waals surface area contributed by atoms with Crippen molar-refractivity contribution in [3.8, 4) is 0 Å². The molecule has 1 saturated carbocycles. The van der Waals surface area contributed by atoms with Crippen LogP contribution in [0.1, 0.15) is 58.8 Å². The molecule has 16 heavy (non-hydrogen) atoms. The van der Waals surface area contributed by atoms with Gasteiger partial charge >= 0.3 is 0 Å². The Bertz CT molecular complexity index is 225. The molecule has 0 aromatic rings. The first-order valence-corrected chi connectivity index (χ1v) is 6.80. The highest BCUT2D eigenvalue weighted by atomic mass is 16.1. The third-order valence-corrected chi connectivity index (χ3v) is 4.35. The zero-order chi connectivity index (χ0) is 12.2. The summed E-state index contributed by atoms with van der Waals surface area (Å²) in [4.78, 5) is 14.9. The minimum atomic E-state index is -0.144. The van der Waals surface area contributed by atoms with Crippen LogP contribution in [0.5, 0.6) is 0 Å². The van der Waals surface area contributed by atoms with Gasteiger partial charge in [0.15, 0.2) is 5.78 Å². The second-order valence-electron chi connectivity index (χ2n) is 5.36. The van der Waals surface area contributed by atoms with Crippen molar-refractivity contribution < 1.29 is 4.79 Å². The summed E-state index contributed by atoms with van der Waals surface area (Å²) in [6, 6.07) is 0. The predicted molar refractivity (Wildman–Crippen MR) is 68.6 cm³/mol. The van der Waals surface area contributed by atoms with E-state index in [2.05, 4.69) is 32.8 Å². The standard InChI is InChI=1S/C14H27NO/c1-5-12(6-2)13(16)14(15(3)4)10-8-7-9-11-14/h12H,5-11H2,1-4H3. The summed E-state index contributed by atoms with van der Waals surface area (Å²) in [5, 5.41) is 0. The number of likely N-dealkylation sites (N-methyl/N-ethyl adjacent to an activating group) is 1. The molecule has 0 bridgehead atoms. The Morgan fingerprint density at radius 3 is 2.00 bits per heavy atom. The highest BCUT2D eigenvalue weighted by Crippen LogP contribution is 2.36. The Morgan fingerprint density at radius 1 is 1.12 bits per heavy atom. The van der Waals surface area contributed by atoms with E-state index in [4.69, 9.17) is 0 Å². The molecule has 0 heterocycles. The zero-order valence-corrected chi connectivity index (χ0v) is 11.4. The highest BCUT2D eigenvalue weighted by molar-refractivity contribution is 5.90. The number of Topliss-reactive ketones (excluding diaryl/α,β-unsaturated/α-hetero) is 1. The van der Waals surface area contributed by atoms with Gasteiger partial charge in [-0.3, -0.25) is 9.69 Å². The summed E-state index contributed by atoms with van der Waals surface area (Å²) in [7, 11) is 4.15. The van der Waals surface area contributed by atoms with E-state index in [1.54, 1.807) is 0 Å². The van der Waals surface area contributed by atoms with Crippen LogP contribution >= 0.6 is 0 Å². The van der Waals surface area contributed by atoms with Crippen LogP contribution in [0.15, 0.2) is 0 Å². The van der Waals surface area contributed by atoms with E-state index in [9.17, 15) is 4.79 Å². The molecular formula is C14H27NO. The summed E-state index contributed by atoms with van der Waals surface area (Å²) in [5.41, 5.74) is -0.144. The van der Waals surface area contributed by atoms with Crippen LogP contribution in [0, 0.1) is 5.92 Å². The number of hydrogen-bond donors (Lipinski definition) is 0. The Morgan fingerprint density at radius 2 is 1.62 bits per heavy atom. The normalized spacial score (nSPS) is 20.4. The molecule has 0 saturated heterocycles. The highest BCUT2D eigenvalue weighted by Gasteiger charge is 2.43. The number of rotatable bonds is 5. The van der Waals surface area contributed by atoms with Crippen LogP contribution in [0.25, 0.3) is 0 Å². The fraction of sp³-hybridized carbons (Fsp3) is 0.929. The third kappa shape index (κ3) is 2.48. The first-order valence-electron chi connectivity index (χ1n) is 6.80. The molecule has 1 fully saturated rings. The molecule has 0 atom stereocenters. The second kappa shape index (κ2) is 5.81. The molecule has 0 aromatic heterocycles. The van der Waals surface area contributed by atoms with Gasteiger partial charge in [-0.2, -0.15) is 0 Å². The van der Waals surface area contributed by atoms with Gasteiger partial charge < -0.3 is 0 Å². The van der Waals surface area contributed by atoms with Crippen LogP contribution in [-0.2, 0) is 4.79 Å². The van der Waals surface area contributed by atoms with Gasteiger partial charge in [-0.1, -0.05) is 33.1 Å². The Balaban J connectivity index is 2.87. The smallest absolute Gasteiger partial charge is 0.156 e. The predicted octanol–water partition coefficient (Wildman–Crippen LogP) is 3.26. The van der Waals surface area contributed by atoms with E-state index in [-0.39, 0.29) is 11.5 Å². The average molecular weight is 225 g/mol. The topological polar surface area (TPSA) is 20.3 Å². The zero-order valence-electron chi connectivity index (χ0n) is 11.4. The van der Waals surface area contributed by atoms with E-state index >= 15 is 0 Å². The van der Waals surface area contributed by atoms with E-state index in [0.29, 0.717) is 5.78 Å². The number of nitrogens with zero attached hydrogens (tertiary/aromatic N) is 1. The summed E-state index contributed by atoms with van der Waals surface area (Å²) in [6.07, 6.45) is 7.83. The molecule has 2 heteroatoms. The molecule has 2 nitrogen and oxygen atoms in total. The number of ketones is 1. The number of carbonyl (C=O) groups is 1. The molecule has 0 unspecified atom stereocenters. The molecule has 1 rings (SSSR count). The molecule has 0 aromatic carbocycles. The summed E-state index contributed by atoms with van der Waals surface area (Å²) < 4.78 is 0. The monoisotopic (exact) mass is 225 g/mol. The van der Waals surface area contributed by atoms with E-state index in [1.165, 1.54) is 19.3 Å². The molecule has 1 aliphatic carbocycles. The van der Waals surface area contributed by atoms with Gasteiger partial charge in [-0.15, -0.1) is 0 Å². The van der Waals surface area contributed by atoms with Crippen molar-refractivity contribution in [3.05, 3.63) is 0 Å². The molecule has 0 spiro atoms. The SMILES string of the molecule is CCC(CC)C(=O)C1(N(C)C)CCCCC1. The van der Waals surface area contributed by atoms with Crippen LogP contribution < -0.4 is 0 Å². The molecule has 0 aliphatic heterocycles. The number of hydrogen-bond acceptors (Lipinski definition) is 2. The van der Waals surface area contributed by atoms with E-state index in [0.717, 1.165) is 25.7 Å². The molecule has 0 amide bonds. The molecular weight excluding hydrogens is 198 g/mol. The molecule has 0 N–H and O–H groups in total. The Hall–Kier alpha value is -0.370. The first-order chi connectivity index (χ1) is 7.58. The van der Waals surface area contributed by atoms with Crippen LogP contribution in [0.2, 0.25) is 0 Å². The molecule has 0 radical (unpaired) electrons. The maximum atomic E-state index is 12.7. The van der Waals surface area contributed by atoms with Crippen molar-refractivity contribution in [2.45, 2.75) is 64.3 Å². The minimum absolute atomic E-state index is 0.144. The van der Waals surface area contributed by atoms with Crippen LogP contribution in [-0.4, -0.2) is 30.3 Å². The Labute approximate surface area is 100 Å². The summed E-state index contributed by atoms with van der Waals surface area (Å²) >= 11 is 0. The maximum Gasteiger partial charge on any atom is 0.156 e. The van der Waals surface area contributed by atoms with Gasteiger partial charge in [-0.05, 0) is 39.8 Å². The van der Waals surface area contributed by atoms with Gasteiger partial charge in [0.2, 0.25) is 0 Å². The quantitative estimate of drug-likeness (QED) is 0.716. The largest absolute Gasteiger partial charge is 0.297 e. The summed E-state index contributed by atoms with van der Waals surface area (Å²) in [6.45, 7) is 4.27. The lowest BCUT2D eigenvalue weighted by molar-refractivity contribution is -0.136. The van der Waals surface area contributed by atoms with Crippen molar-refractivity contribution >= 4 is 5.78 Å². The van der Waals surface area contributed by atoms with E-state index < -0.39 is 0 Å². The van der Waals surface area contributed by atoms with Gasteiger partial charge in [-0.25, -0.2) is 0 Å². The van der Waals surface area contributed by atoms with Crippen molar-refractivity contribution in [1.29, 1.82) is 0 Å². The maximum absolute atomic E-state index is 12.7. The second-order valence-corrected chi connectivity index (χ2v) is 5.36. The summed E-state index contributed by atoms with van der Waals surface area (Å²) in [5.74, 6) is 0.766. The first kappa shape index (κ1) is 13.7. The van der Waals surface area contributed by atoms with E-state index in [1.807, 2.05) is 0 Å².